The van der Waals surface area contributed by atoms with Crippen molar-refractivity contribution in [2.24, 2.45) is 0 Å². The zero-order valence-electron chi connectivity index (χ0n) is 14.4. The maximum absolute atomic E-state index is 13.0. The van der Waals surface area contributed by atoms with Crippen molar-refractivity contribution in [1.82, 2.24) is 4.90 Å². The van der Waals surface area contributed by atoms with Crippen LogP contribution in [-0.4, -0.2) is 54.8 Å². The first-order valence-corrected chi connectivity index (χ1v) is 8.23. The number of methoxy groups -OCH3 is 2. The van der Waals surface area contributed by atoms with Gasteiger partial charge in [-0.2, -0.15) is 0 Å². The number of carbonyl (C=O) groups is 2. The molecule has 0 unspecified atom stereocenters. The van der Waals surface area contributed by atoms with Crippen molar-refractivity contribution >= 4 is 11.9 Å². The number of hydrogen-bond acceptors (Lipinski definition) is 5. The summed E-state index contributed by atoms with van der Waals surface area (Å²) in [6.45, 7) is 2.38. The van der Waals surface area contributed by atoms with Crippen LogP contribution in [0.1, 0.15) is 37.7 Å². The molecule has 1 fully saturated rings. The van der Waals surface area contributed by atoms with E-state index in [1.807, 2.05) is 31.2 Å². The Hall–Kier alpha value is -2.08. The van der Waals surface area contributed by atoms with Crippen LogP contribution < -0.4 is 4.74 Å². The highest BCUT2D eigenvalue weighted by atomic mass is 16.5. The molecular weight excluding hydrogens is 310 g/mol. The molecule has 24 heavy (non-hydrogen) atoms. The Kier molecular flexibility index (Phi) is 6.20. The number of likely N-dealkylation sites (tertiary alicyclic amines) is 1. The molecule has 1 amide bonds. The second-order valence-electron chi connectivity index (χ2n) is 5.94. The fourth-order valence-electron chi connectivity index (χ4n) is 3.22. The molecular formula is C18H25NO5. The average Bonchev–Trinajstić information content (AvgIpc) is 2.62. The Bertz CT molecular complexity index is 571. The lowest BCUT2D eigenvalue weighted by atomic mass is 9.91. The first-order valence-electron chi connectivity index (χ1n) is 8.23. The summed E-state index contributed by atoms with van der Waals surface area (Å²) in [4.78, 5) is 26.5. The molecule has 0 aliphatic carbocycles. The Labute approximate surface area is 142 Å². The Balaban J connectivity index is 2.26. The zero-order chi connectivity index (χ0) is 17.7. The van der Waals surface area contributed by atoms with Crippen molar-refractivity contribution in [3.63, 3.8) is 0 Å². The maximum Gasteiger partial charge on any atom is 0.331 e. The number of piperidine rings is 1. The van der Waals surface area contributed by atoms with E-state index < -0.39 is 18.1 Å². The molecule has 1 aromatic rings. The normalized spacial score (nSPS) is 21.9. The van der Waals surface area contributed by atoms with Gasteiger partial charge in [0.05, 0.1) is 26.2 Å². The summed E-state index contributed by atoms with van der Waals surface area (Å²) in [6.07, 6.45) is 0.872. The molecule has 1 heterocycles. The van der Waals surface area contributed by atoms with Crippen LogP contribution in [0.5, 0.6) is 5.75 Å². The zero-order valence-corrected chi connectivity index (χ0v) is 14.4. The van der Waals surface area contributed by atoms with Gasteiger partial charge in [0.25, 0.3) is 0 Å². The van der Waals surface area contributed by atoms with Crippen LogP contribution in [-0.2, 0) is 14.3 Å². The van der Waals surface area contributed by atoms with E-state index in [-0.39, 0.29) is 11.8 Å². The van der Waals surface area contributed by atoms with Gasteiger partial charge in [0.2, 0.25) is 5.91 Å². The number of amides is 1. The van der Waals surface area contributed by atoms with Gasteiger partial charge in [0, 0.05) is 6.54 Å². The lowest BCUT2D eigenvalue weighted by Crippen LogP contribution is -2.56. The average molecular weight is 335 g/mol. The number of carbonyl (C=O) groups excluding carboxylic acids is 2. The van der Waals surface area contributed by atoms with Crippen molar-refractivity contribution in [2.45, 2.75) is 44.2 Å². The topological polar surface area (TPSA) is 76.1 Å². The second-order valence-corrected chi connectivity index (χ2v) is 5.94. The molecule has 1 saturated heterocycles. The SMILES string of the molecule is CC[C@H](C(=O)N1CCC[C@H](O)[C@@H]1C(=O)OC)c1ccc(OC)cc1. The van der Waals surface area contributed by atoms with Gasteiger partial charge in [0.1, 0.15) is 5.75 Å². The van der Waals surface area contributed by atoms with E-state index in [0.717, 1.165) is 11.3 Å². The molecule has 1 aromatic carbocycles. The van der Waals surface area contributed by atoms with Gasteiger partial charge in [-0.25, -0.2) is 4.79 Å². The van der Waals surface area contributed by atoms with Crippen LogP contribution in [0.2, 0.25) is 0 Å². The molecule has 0 spiro atoms. The summed E-state index contributed by atoms with van der Waals surface area (Å²) < 4.78 is 9.93. The first-order chi connectivity index (χ1) is 11.5. The highest BCUT2D eigenvalue weighted by Crippen LogP contribution is 2.28. The molecule has 1 aliphatic rings. The van der Waals surface area contributed by atoms with Gasteiger partial charge in [0.15, 0.2) is 6.04 Å². The smallest absolute Gasteiger partial charge is 0.331 e. The fraction of sp³-hybridized carbons (Fsp3) is 0.556. The lowest BCUT2D eigenvalue weighted by molar-refractivity contribution is -0.161. The van der Waals surface area contributed by atoms with Crippen LogP contribution in [0.4, 0.5) is 0 Å². The van der Waals surface area contributed by atoms with E-state index in [1.165, 1.54) is 12.0 Å². The van der Waals surface area contributed by atoms with E-state index >= 15 is 0 Å². The summed E-state index contributed by atoms with van der Waals surface area (Å²) in [5.41, 5.74) is 0.868. The van der Waals surface area contributed by atoms with Crippen molar-refractivity contribution < 1.29 is 24.2 Å². The van der Waals surface area contributed by atoms with Crippen LogP contribution in [0.15, 0.2) is 24.3 Å². The minimum Gasteiger partial charge on any atom is -0.497 e. The van der Waals surface area contributed by atoms with Gasteiger partial charge in [-0.1, -0.05) is 19.1 Å². The third-order valence-electron chi connectivity index (χ3n) is 4.55. The van der Waals surface area contributed by atoms with Gasteiger partial charge in [-0.15, -0.1) is 0 Å². The Morgan fingerprint density at radius 2 is 1.96 bits per heavy atom. The van der Waals surface area contributed by atoms with Crippen molar-refractivity contribution in [3.05, 3.63) is 29.8 Å². The minimum atomic E-state index is -0.927. The summed E-state index contributed by atoms with van der Waals surface area (Å²) in [5, 5.41) is 10.2. The van der Waals surface area contributed by atoms with Gasteiger partial charge in [-0.3, -0.25) is 4.79 Å². The van der Waals surface area contributed by atoms with E-state index in [1.54, 1.807) is 7.11 Å². The highest BCUT2D eigenvalue weighted by Gasteiger charge is 2.41. The minimum absolute atomic E-state index is 0.156. The number of ether oxygens (including phenoxy) is 2. The third kappa shape index (κ3) is 3.70. The molecule has 132 valence electrons. The Morgan fingerprint density at radius 3 is 2.50 bits per heavy atom. The molecule has 0 aromatic heterocycles. The lowest BCUT2D eigenvalue weighted by Gasteiger charge is -2.38. The predicted octanol–water partition coefficient (Wildman–Crippen LogP) is 1.71. The largest absolute Gasteiger partial charge is 0.497 e. The second kappa shape index (κ2) is 8.15. The molecule has 1 N–H and O–H groups in total. The van der Waals surface area contributed by atoms with Crippen LogP contribution in [0, 0.1) is 0 Å². The van der Waals surface area contributed by atoms with E-state index in [9.17, 15) is 14.7 Å². The van der Waals surface area contributed by atoms with E-state index in [0.29, 0.717) is 25.8 Å². The van der Waals surface area contributed by atoms with E-state index in [2.05, 4.69) is 0 Å². The number of nitrogens with zero attached hydrogens (tertiary/aromatic N) is 1. The fourth-order valence-corrected chi connectivity index (χ4v) is 3.22. The third-order valence-corrected chi connectivity index (χ3v) is 4.55. The number of aliphatic hydroxyl groups is 1. The molecule has 1 aliphatic heterocycles. The maximum atomic E-state index is 13.0. The molecule has 6 heteroatoms. The van der Waals surface area contributed by atoms with Crippen molar-refractivity contribution in [1.29, 1.82) is 0 Å². The first kappa shape index (κ1) is 18.3. The van der Waals surface area contributed by atoms with Crippen LogP contribution in [0.3, 0.4) is 0 Å². The number of hydrogen-bond donors (Lipinski definition) is 1. The standard InChI is InChI=1S/C18H25NO5/c1-4-14(12-7-9-13(23-2)10-8-12)17(21)19-11-5-6-15(20)16(19)18(22)24-3/h7-10,14-16,20H,4-6,11H2,1-3H3/t14-,15-,16+/m0/s1. The Morgan fingerprint density at radius 1 is 1.29 bits per heavy atom. The van der Waals surface area contributed by atoms with Crippen molar-refractivity contribution in [3.8, 4) is 5.75 Å². The molecule has 0 radical (unpaired) electrons. The summed E-state index contributed by atoms with van der Waals surface area (Å²) in [5.74, 6) is -0.368. The molecule has 2 rings (SSSR count). The molecule has 3 atom stereocenters. The number of esters is 1. The summed E-state index contributed by atoms with van der Waals surface area (Å²) >= 11 is 0. The van der Waals surface area contributed by atoms with Gasteiger partial charge in [-0.05, 0) is 37.0 Å². The predicted molar refractivity (Wildman–Crippen MR) is 88.8 cm³/mol. The number of rotatable bonds is 5. The monoisotopic (exact) mass is 335 g/mol. The number of aliphatic hydroxyl groups excluding tert-OH is 1. The van der Waals surface area contributed by atoms with Gasteiger partial charge >= 0.3 is 5.97 Å². The summed E-state index contributed by atoms with van der Waals surface area (Å²) in [7, 11) is 2.86. The summed E-state index contributed by atoms with van der Waals surface area (Å²) in [6, 6.07) is 6.42. The molecule has 0 bridgehead atoms. The molecule has 0 saturated carbocycles. The van der Waals surface area contributed by atoms with Crippen LogP contribution in [0.25, 0.3) is 0 Å². The number of benzene rings is 1. The highest BCUT2D eigenvalue weighted by molar-refractivity contribution is 5.89. The quantitative estimate of drug-likeness (QED) is 0.829. The van der Waals surface area contributed by atoms with Crippen molar-refractivity contribution in [2.75, 3.05) is 20.8 Å². The molecule has 6 nitrogen and oxygen atoms in total. The van der Waals surface area contributed by atoms with Gasteiger partial charge < -0.3 is 19.5 Å². The van der Waals surface area contributed by atoms with E-state index in [4.69, 9.17) is 9.47 Å². The van der Waals surface area contributed by atoms with Crippen LogP contribution >= 0.6 is 0 Å².